The number of aliphatic carboxylic acids is 1. The van der Waals surface area contributed by atoms with Crippen LogP contribution in [0.4, 0.5) is 0 Å². The van der Waals surface area contributed by atoms with E-state index >= 15 is 0 Å². The summed E-state index contributed by atoms with van der Waals surface area (Å²) in [4.78, 5) is 11.0. The zero-order valence-electron chi connectivity index (χ0n) is 9.01. The number of aliphatic hydroxyl groups excluding tert-OH is 1. The van der Waals surface area contributed by atoms with E-state index in [4.69, 9.17) is 14.9 Å². The van der Waals surface area contributed by atoms with E-state index in [1.165, 1.54) is 7.11 Å². The molecule has 0 spiro atoms. The van der Waals surface area contributed by atoms with Gasteiger partial charge in [-0.1, -0.05) is 12.1 Å². The summed E-state index contributed by atoms with van der Waals surface area (Å²) in [5.41, 5.74) is 0.598. The van der Waals surface area contributed by atoms with Gasteiger partial charge in [-0.05, 0) is 17.7 Å². The molecule has 0 fully saturated rings. The van der Waals surface area contributed by atoms with E-state index in [2.05, 4.69) is 5.32 Å². The zero-order valence-corrected chi connectivity index (χ0v) is 9.01. The molecule has 0 aliphatic rings. The lowest BCUT2D eigenvalue weighted by molar-refractivity contribution is -0.139. The molecule has 16 heavy (non-hydrogen) atoms. The maximum Gasteiger partial charge on any atom is 0.325 e. The van der Waals surface area contributed by atoms with Gasteiger partial charge in [-0.2, -0.15) is 0 Å². The number of carbonyl (C=O) groups is 1. The first kappa shape index (κ1) is 12.5. The molecule has 0 aliphatic carbocycles. The maximum absolute atomic E-state index is 11.0. The van der Waals surface area contributed by atoms with Crippen molar-refractivity contribution in [2.24, 2.45) is 0 Å². The second-order valence-corrected chi connectivity index (χ2v) is 3.23. The summed E-state index contributed by atoms with van der Waals surface area (Å²) in [5.74, 6) is -0.378. The molecule has 88 valence electrons. The molecule has 1 atom stereocenters. The number of nitrogens with one attached hydrogen (secondary N) is 1. The van der Waals surface area contributed by atoms with Crippen LogP contribution in [0.1, 0.15) is 11.6 Å². The minimum atomic E-state index is -0.985. The molecule has 5 nitrogen and oxygen atoms in total. The van der Waals surface area contributed by atoms with Gasteiger partial charge in [0, 0.05) is 6.54 Å². The Balaban J connectivity index is 2.87. The van der Waals surface area contributed by atoms with Crippen LogP contribution in [0.2, 0.25) is 0 Å². The fourth-order valence-electron chi connectivity index (χ4n) is 1.38. The lowest BCUT2D eigenvalue weighted by Gasteiger charge is -2.14. The third-order valence-electron chi connectivity index (χ3n) is 2.13. The van der Waals surface area contributed by atoms with E-state index in [1.54, 1.807) is 24.3 Å². The van der Waals surface area contributed by atoms with Crippen LogP contribution in [0, 0.1) is 0 Å². The fraction of sp³-hybridized carbons (Fsp3) is 0.364. The van der Waals surface area contributed by atoms with Crippen molar-refractivity contribution in [2.75, 3.05) is 20.3 Å². The summed E-state index contributed by atoms with van der Waals surface area (Å²) in [5, 5.41) is 20.4. The second kappa shape index (κ2) is 6.09. The number of rotatable bonds is 6. The first-order valence-electron chi connectivity index (χ1n) is 4.90. The van der Waals surface area contributed by atoms with E-state index in [0.29, 0.717) is 11.3 Å². The van der Waals surface area contributed by atoms with Crippen LogP contribution in [0.3, 0.4) is 0 Å². The smallest absolute Gasteiger partial charge is 0.325 e. The van der Waals surface area contributed by atoms with Gasteiger partial charge in [0.15, 0.2) is 0 Å². The minimum Gasteiger partial charge on any atom is -0.497 e. The van der Waals surface area contributed by atoms with Crippen LogP contribution in [-0.4, -0.2) is 36.4 Å². The van der Waals surface area contributed by atoms with Crippen molar-refractivity contribution in [3.63, 3.8) is 0 Å². The first-order valence-corrected chi connectivity index (χ1v) is 4.90. The quantitative estimate of drug-likeness (QED) is 0.653. The monoisotopic (exact) mass is 225 g/mol. The fourth-order valence-corrected chi connectivity index (χ4v) is 1.38. The van der Waals surface area contributed by atoms with Crippen LogP contribution in [0.5, 0.6) is 5.75 Å². The van der Waals surface area contributed by atoms with Gasteiger partial charge >= 0.3 is 5.97 Å². The van der Waals surface area contributed by atoms with Gasteiger partial charge in [-0.15, -0.1) is 0 Å². The van der Waals surface area contributed by atoms with E-state index < -0.39 is 12.0 Å². The number of ether oxygens (including phenoxy) is 1. The van der Waals surface area contributed by atoms with Crippen molar-refractivity contribution in [3.8, 4) is 5.75 Å². The lowest BCUT2D eigenvalue weighted by Crippen LogP contribution is -2.30. The molecule has 0 bridgehead atoms. The van der Waals surface area contributed by atoms with Crippen molar-refractivity contribution >= 4 is 5.97 Å². The third-order valence-corrected chi connectivity index (χ3v) is 2.13. The topological polar surface area (TPSA) is 78.8 Å². The molecular formula is C11H15NO4. The van der Waals surface area contributed by atoms with Crippen LogP contribution >= 0.6 is 0 Å². The Labute approximate surface area is 93.7 Å². The van der Waals surface area contributed by atoms with Crippen molar-refractivity contribution in [3.05, 3.63) is 29.8 Å². The zero-order chi connectivity index (χ0) is 12.0. The molecule has 1 aromatic rings. The number of carboxylic acid groups (broad SMARTS) is 1. The summed E-state index contributed by atoms with van der Waals surface area (Å²) in [6.07, 6.45) is 0. The molecule has 1 rings (SSSR count). The Morgan fingerprint density at radius 1 is 1.56 bits per heavy atom. The number of benzene rings is 1. The maximum atomic E-state index is 11.0. The standard InChI is InChI=1S/C11H15NO4/c1-16-9-4-2-3-8(7-9)10(11(14)15)12-5-6-13/h2-4,7,10,12-13H,5-6H2,1H3,(H,14,15). The summed E-state index contributed by atoms with van der Waals surface area (Å²) in [7, 11) is 1.52. The van der Waals surface area contributed by atoms with Crippen LogP contribution < -0.4 is 10.1 Å². The van der Waals surface area contributed by atoms with E-state index in [1.807, 2.05) is 0 Å². The number of hydrogen-bond donors (Lipinski definition) is 3. The molecule has 5 heteroatoms. The number of aliphatic hydroxyl groups is 1. The first-order chi connectivity index (χ1) is 7.69. The van der Waals surface area contributed by atoms with E-state index in [9.17, 15) is 4.79 Å². The highest BCUT2D eigenvalue weighted by Gasteiger charge is 2.18. The Hall–Kier alpha value is -1.59. The summed E-state index contributed by atoms with van der Waals surface area (Å²) >= 11 is 0. The molecule has 0 aliphatic heterocycles. The Morgan fingerprint density at radius 3 is 2.88 bits per heavy atom. The predicted octanol–water partition coefficient (Wildman–Crippen LogP) is 0.403. The van der Waals surface area contributed by atoms with Gasteiger partial charge in [0.05, 0.1) is 13.7 Å². The number of hydrogen-bond acceptors (Lipinski definition) is 4. The largest absolute Gasteiger partial charge is 0.497 e. The van der Waals surface area contributed by atoms with Crippen molar-refractivity contribution < 1.29 is 19.7 Å². The van der Waals surface area contributed by atoms with E-state index in [-0.39, 0.29) is 13.2 Å². The molecule has 1 unspecified atom stereocenters. The van der Waals surface area contributed by atoms with Gasteiger partial charge in [-0.3, -0.25) is 10.1 Å². The van der Waals surface area contributed by atoms with Gasteiger partial charge in [-0.25, -0.2) is 0 Å². The highest BCUT2D eigenvalue weighted by atomic mass is 16.5. The highest BCUT2D eigenvalue weighted by molar-refractivity contribution is 5.75. The third kappa shape index (κ3) is 3.22. The predicted molar refractivity (Wildman–Crippen MR) is 58.5 cm³/mol. The SMILES string of the molecule is COc1cccc(C(NCCO)C(=O)O)c1. The molecule has 0 saturated heterocycles. The Kier molecular flexibility index (Phi) is 4.75. The molecule has 1 aromatic carbocycles. The second-order valence-electron chi connectivity index (χ2n) is 3.23. The minimum absolute atomic E-state index is 0.103. The van der Waals surface area contributed by atoms with E-state index in [0.717, 1.165) is 0 Å². The molecule has 0 aromatic heterocycles. The van der Waals surface area contributed by atoms with Gasteiger partial charge in [0.25, 0.3) is 0 Å². The molecule has 0 radical (unpaired) electrons. The Morgan fingerprint density at radius 2 is 2.31 bits per heavy atom. The van der Waals surface area contributed by atoms with Gasteiger partial charge in [0.1, 0.15) is 11.8 Å². The van der Waals surface area contributed by atoms with Crippen LogP contribution in [0.15, 0.2) is 24.3 Å². The number of methoxy groups -OCH3 is 1. The van der Waals surface area contributed by atoms with Crippen molar-refractivity contribution in [2.45, 2.75) is 6.04 Å². The lowest BCUT2D eigenvalue weighted by atomic mass is 10.1. The molecule has 0 saturated carbocycles. The molecule has 0 amide bonds. The number of carboxylic acids is 1. The molecule has 3 N–H and O–H groups in total. The van der Waals surface area contributed by atoms with Crippen molar-refractivity contribution in [1.29, 1.82) is 0 Å². The van der Waals surface area contributed by atoms with Crippen LogP contribution in [0.25, 0.3) is 0 Å². The normalized spacial score (nSPS) is 12.1. The van der Waals surface area contributed by atoms with Crippen LogP contribution in [-0.2, 0) is 4.79 Å². The highest BCUT2D eigenvalue weighted by Crippen LogP contribution is 2.19. The summed E-state index contributed by atoms with van der Waals surface area (Å²) in [6, 6.07) is 6.00. The van der Waals surface area contributed by atoms with Gasteiger partial charge < -0.3 is 14.9 Å². The Bertz CT molecular complexity index is 354. The molecular weight excluding hydrogens is 210 g/mol. The summed E-state index contributed by atoms with van der Waals surface area (Å²) in [6.45, 7) is 0.127. The molecule has 0 heterocycles. The average molecular weight is 225 g/mol. The van der Waals surface area contributed by atoms with Gasteiger partial charge in [0.2, 0.25) is 0 Å². The average Bonchev–Trinajstić information content (AvgIpc) is 2.29. The summed E-state index contributed by atoms with van der Waals surface area (Å²) < 4.78 is 5.02. The van der Waals surface area contributed by atoms with Crippen molar-refractivity contribution in [1.82, 2.24) is 5.32 Å².